The first-order valence-electron chi connectivity index (χ1n) is 6.18. The molecule has 5 nitrogen and oxygen atoms in total. The maximum absolute atomic E-state index is 12.9. The fourth-order valence-electron chi connectivity index (χ4n) is 2.04. The molecule has 2 rings (SSSR count). The van der Waals surface area contributed by atoms with Gasteiger partial charge in [0.25, 0.3) is 0 Å². The summed E-state index contributed by atoms with van der Waals surface area (Å²) < 4.78 is 19.2. The minimum atomic E-state index is -0.560. The molecule has 0 aliphatic heterocycles. The molecule has 0 saturated carbocycles. The van der Waals surface area contributed by atoms with E-state index in [9.17, 15) is 9.18 Å². The highest BCUT2D eigenvalue weighted by molar-refractivity contribution is 5.92. The van der Waals surface area contributed by atoms with Gasteiger partial charge in [0.05, 0.1) is 13.4 Å². The third-order valence-corrected chi connectivity index (χ3v) is 3.13. The van der Waals surface area contributed by atoms with Gasteiger partial charge in [-0.05, 0) is 31.0 Å². The van der Waals surface area contributed by atoms with Crippen molar-refractivity contribution < 1.29 is 13.9 Å². The molecule has 1 aromatic carbocycles. The summed E-state index contributed by atoms with van der Waals surface area (Å²) in [7, 11) is 1.28. The second-order valence-electron chi connectivity index (χ2n) is 4.56. The van der Waals surface area contributed by atoms with Gasteiger partial charge >= 0.3 is 5.97 Å². The lowest BCUT2D eigenvalue weighted by Crippen LogP contribution is -2.12. The molecule has 1 aromatic heterocycles. The highest BCUT2D eigenvalue weighted by atomic mass is 19.1. The first-order chi connectivity index (χ1) is 9.52. The van der Waals surface area contributed by atoms with Gasteiger partial charge < -0.3 is 15.0 Å². The Bertz CT molecular complexity index is 607. The van der Waals surface area contributed by atoms with Gasteiger partial charge in [-0.2, -0.15) is 0 Å². The molecule has 20 heavy (non-hydrogen) atoms. The number of aromatic nitrogens is 2. The molecule has 0 bridgehead atoms. The van der Waals surface area contributed by atoms with Crippen molar-refractivity contribution in [3.8, 4) is 0 Å². The van der Waals surface area contributed by atoms with Gasteiger partial charge in [0.2, 0.25) is 0 Å². The number of carbonyl (C=O) groups is 1. The average molecular weight is 277 g/mol. The zero-order chi connectivity index (χ0) is 14.7. The van der Waals surface area contributed by atoms with Crippen molar-refractivity contribution >= 4 is 11.8 Å². The lowest BCUT2D eigenvalue weighted by molar-refractivity contribution is 0.0596. The van der Waals surface area contributed by atoms with Crippen molar-refractivity contribution in [1.82, 2.24) is 9.55 Å². The number of methoxy groups -OCH3 is 1. The predicted molar refractivity (Wildman–Crippen MR) is 72.8 cm³/mol. The van der Waals surface area contributed by atoms with E-state index in [1.54, 1.807) is 16.7 Å². The predicted octanol–water partition coefficient (Wildman–Crippen LogP) is 2.19. The third-order valence-electron chi connectivity index (χ3n) is 3.13. The van der Waals surface area contributed by atoms with Crippen LogP contribution in [-0.4, -0.2) is 22.6 Å². The van der Waals surface area contributed by atoms with E-state index in [4.69, 9.17) is 5.73 Å². The molecule has 0 spiro atoms. The molecule has 2 aromatic rings. The van der Waals surface area contributed by atoms with E-state index in [0.717, 1.165) is 5.56 Å². The molecule has 0 saturated heterocycles. The van der Waals surface area contributed by atoms with Crippen molar-refractivity contribution in [1.29, 1.82) is 0 Å². The molecule has 0 amide bonds. The van der Waals surface area contributed by atoms with Crippen molar-refractivity contribution in [2.45, 2.75) is 19.4 Å². The summed E-state index contributed by atoms with van der Waals surface area (Å²) in [6.07, 6.45) is 2.16. The Balaban J connectivity index is 2.17. The number of nitrogens with zero attached hydrogens (tertiary/aromatic N) is 2. The van der Waals surface area contributed by atoms with Crippen LogP contribution >= 0.6 is 0 Å². The van der Waals surface area contributed by atoms with E-state index in [1.807, 2.05) is 6.92 Å². The number of anilines is 1. The maximum Gasteiger partial charge on any atom is 0.360 e. The largest absolute Gasteiger partial charge is 0.464 e. The van der Waals surface area contributed by atoms with Crippen LogP contribution in [0.25, 0.3) is 0 Å². The van der Waals surface area contributed by atoms with Crippen LogP contribution in [-0.2, 0) is 11.2 Å². The number of ether oxygens (including phenoxy) is 1. The summed E-state index contributed by atoms with van der Waals surface area (Å²) in [4.78, 5) is 15.4. The Morgan fingerprint density at radius 3 is 2.70 bits per heavy atom. The van der Waals surface area contributed by atoms with Crippen LogP contribution in [0.2, 0.25) is 0 Å². The SMILES string of the molecule is COC(=O)c1ncn(C(C)Cc2ccc(F)cc2)c1N. The number of imidazole rings is 1. The first-order valence-corrected chi connectivity index (χ1v) is 6.18. The first kappa shape index (κ1) is 14.0. The monoisotopic (exact) mass is 277 g/mol. The minimum Gasteiger partial charge on any atom is -0.464 e. The van der Waals surface area contributed by atoms with E-state index >= 15 is 0 Å². The minimum absolute atomic E-state index is 0.00799. The molecule has 0 aliphatic carbocycles. The molecule has 1 atom stereocenters. The number of benzene rings is 1. The van der Waals surface area contributed by atoms with Crippen LogP contribution in [0.3, 0.4) is 0 Å². The summed E-state index contributed by atoms with van der Waals surface area (Å²) >= 11 is 0. The maximum atomic E-state index is 12.9. The smallest absolute Gasteiger partial charge is 0.360 e. The van der Waals surface area contributed by atoms with Crippen molar-refractivity contribution in [2.24, 2.45) is 0 Å². The highest BCUT2D eigenvalue weighted by Gasteiger charge is 2.18. The molecule has 106 valence electrons. The zero-order valence-electron chi connectivity index (χ0n) is 11.3. The summed E-state index contributed by atoms with van der Waals surface area (Å²) in [5, 5.41) is 0. The van der Waals surface area contributed by atoms with E-state index < -0.39 is 5.97 Å². The van der Waals surface area contributed by atoms with Gasteiger partial charge in [0.1, 0.15) is 11.6 Å². The van der Waals surface area contributed by atoms with Gasteiger partial charge in [0, 0.05) is 6.04 Å². The number of halogens is 1. The number of nitrogens with two attached hydrogens (primary N) is 1. The van der Waals surface area contributed by atoms with Gasteiger partial charge in [-0.1, -0.05) is 12.1 Å². The Hall–Kier alpha value is -2.37. The van der Waals surface area contributed by atoms with Crippen molar-refractivity contribution in [3.63, 3.8) is 0 Å². The second kappa shape index (κ2) is 5.73. The Morgan fingerprint density at radius 1 is 1.45 bits per heavy atom. The molecule has 0 aliphatic rings. The zero-order valence-corrected chi connectivity index (χ0v) is 11.3. The topological polar surface area (TPSA) is 70.1 Å². The van der Waals surface area contributed by atoms with Crippen LogP contribution in [0, 0.1) is 5.82 Å². The summed E-state index contributed by atoms with van der Waals surface area (Å²) in [5.74, 6) is -0.557. The number of rotatable bonds is 4. The van der Waals surface area contributed by atoms with Crippen molar-refractivity contribution in [3.05, 3.63) is 47.7 Å². The van der Waals surface area contributed by atoms with Gasteiger partial charge in [-0.25, -0.2) is 14.2 Å². The quantitative estimate of drug-likeness (QED) is 0.870. The van der Waals surface area contributed by atoms with E-state index in [2.05, 4.69) is 9.72 Å². The summed E-state index contributed by atoms with van der Waals surface area (Å²) in [6.45, 7) is 1.95. The van der Waals surface area contributed by atoms with Crippen LogP contribution in [0.4, 0.5) is 10.2 Å². The van der Waals surface area contributed by atoms with Crippen LogP contribution < -0.4 is 5.73 Å². The Labute approximate surface area is 116 Å². The van der Waals surface area contributed by atoms with E-state index in [-0.39, 0.29) is 23.4 Å². The fourth-order valence-corrected chi connectivity index (χ4v) is 2.04. The van der Waals surface area contributed by atoms with E-state index in [0.29, 0.717) is 6.42 Å². The second-order valence-corrected chi connectivity index (χ2v) is 4.56. The Kier molecular flexibility index (Phi) is 4.02. The normalized spacial score (nSPS) is 12.2. The van der Waals surface area contributed by atoms with E-state index in [1.165, 1.54) is 25.6 Å². The number of hydrogen-bond acceptors (Lipinski definition) is 4. The molecule has 0 radical (unpaired) electrons. The van der Waals surface area contributed by atoms with Crippen LogP contribution in [0.5, 0.6) is 0 Å². The molecule has 1 unspecified atom stereocenters. The standard InChI is InChI=1S/C14H16FN3O2/c1-9(7-10-3-5-11(15)6-4-10)18-8-17-12(13(18)16)14(19)20-2/h3-6,8-9H,7,16H2,1-2H3. The third kappa shape index (κ3) is 2.79. The summed E-state index contributed by atoms with van der Waals surface area (Å²) in [6, 6.07) is 6.27. The molecule has 6 heteroatoms. The molecular formula is C14H16FN3O2. The molecular weight excluding hydrogens is 261 g/mol. The number of carbonyl (C=O) groups excluding carboxylic acids is 1. The summed E-state index contributed by atoms with van der Waals surface area (Å²) in [5.41, 5.74) is 6.99. The van der Waals surface area contributed by atoms with Crippen LogP contribution in [0.1, 0.15) is 29.0 Å². The molecule has 2 N–H and O–H groups in total. The van der Waals surface area contributed by atoms with Crippen molar-refractivity contribution in [2.75, 3.05) is 12.8 Å². The van der Waals surface area contributed by atoms with Crippen LogP contribution in [0.15, 0.2) is 30.6 Å². The highest BCUT2D eigenvalue weighted by Crippen LogP contribution is 2.20. The van der Waals surface area contributed by atoms with Gasteiger partial charge in [-0.3, -0.25) is 0 Å². The lowest BCUT2D eigenvalue weighted by Gasteiger charge is -2.15. The average Bonchev–Trinajstić information content (AvgIpc) is 2.82. The Morgan fingerprint density at radius 2 is 2.10 bits per heavy atom. The van der Waals surface area contributed by atoms with Gasteiger partial charge in [0.15, 0.2) is 5.69 Å². The lowest BCUT2D eigenvalue weighted by atomic mass is 10.1. The number of hydrogen-bond donors (Lipinski definition) is 1. The molecule has 0 fully saturated rings. The molecule has 1 heterocycles. The number of esters is 1. The number of nitrogen functional groups attached to an aromatic ring is 1. The fraction of sp³-hybridized carbons (Fsp3) is 0.286. The van der Waals surface area contributed by atoms with Gasteiger partial charge in [-0.15, -0.1) is 0 Å².